The molecule has 0 unspecified atom stereocenters. The average Bonchev–Trinajstić information content (AvgIpc) is 3.08. The molecule has 1 atom stereocenters. The first-order valence-electron chi connectivity index (χ1n) is 8.98. The minimum Gasteiger partial charge on any atom is -0.341 e. The van der Waals surface area contributed by atoms with Crippen LogP contribution in [0.2, 0.25) is 0 Å². The minimum absolute atomic E-state index is 0.102. The molecule has 5 nitrogen and oxygen atoms in total. The molecule has 6 heteroatoms. The summed E-state index contributed by atoms with van der Waals surface area (Å²) in [5, 5.41) is 0. The summed E-state index contributed by atoms with van der Waals surface area (Å²) >= 11 is 1.69. The van der Waals surface area contributed by atoms with E-state index < -0.39 is 0 Å². The molecule has 2 fully saturated rings. The summed E-state index contributed by atoms with van der Waals surface area (Å²) in [5.41, 5.74) is 0. The smallest absolute Gasteiger partial charge is 0.246 e. The molecule has 0 bridgehead atoms. The van der Waals surface area contributed by atoms with Crippen LogP contribution in [0.25, 0.3) is 0 Å². The Balaban J connectivity index is 1.84. The van der Waals surface area contributed by atoms with Crippen LogP contribution in [-0.2, 0) is 9.59 Å². The number of likely N-dealkylation sites (tertiary alicyclic amines) is 1. The quantitative estimate of drug-likeness (QED) is 0.740. The second kappa shape index (κ2) is 8.92. The third-order valence-corrected chi connectivity index (χ3v) is 6.14. The average molecular weight is 342 g/mol. The highest BCUT2D eigenvalue weighted by Crippen LogP contribution is 2.26. The lowest BCUT2D eigenvalue weighted by molar-refractivity contribution is -0.144. The molecular formula is C17H31N3O2S. The van der Waals surface area contributed by atoms with E-state index in [9.17, 15) is 9.59 Å². The van der Waals surface area contributed by atoms with Crippen molar-refractivity contribution in [3.63, 3.8) is 0 Å². The first-order valence-corrected chi connectivity index (χ1v) is 10.1. The molecule has 0 saturated carbocycles. The van der Waals surface area contributed by atoms with Crippen LogP contribution in [-0.4, -0.2) is 76.9 Å². The highest BCUT2D eigenvalue weighted by molar-refractivity contribution is 7.99. The third kappa shape index (κ3) is 4.63. The van der Waals surface area contributed by atoms with Crippen LogP contribution in [0.4, 0.5) is 0 Å². The number of nitrogens with zero attached hydrogens (tertiary/aromatic N) is 3. The van der Waals surface area contributed by atoms with Crippen molar-refractivity contribution in [1.82, 2.24) is 14.7 Å². The van der Waals surface area contributed by atoms with E-state index in [0.717, 1.165) is 51.3 Å². The summed E-state index contributed by atoms with van der Waals surface area (Å²) in [6.45, 7) is 11.3. The Hall–Kier alpha value is -0.750. The van der Waals surface area contributed by atoms with Crippen LogP contribution in [0.1, 0.15) is 40.0 Å². The molecule has 0 aromatic heterocycles. The monoisotopic (exact) mass is 341 g/mol. The van der Waals surface area contributed by atoms with Crippen molar-refractivity contribution in [2.24, 2.45) is 5.92 Å². The van der Waals surface area contributed by atoms with Gasteiger partial charge in [-0.15, -0.1) is 11.8 Å². The predicted octanol–water partition coefficient (Wildman–Crippen LogP) is 1.88. The number of hydrogen-bond donors (Lipinski definition) is 0. The van der Waals surface area contributed by atoms with Gasteiger partial charge in [0.25, 0.3) is 0 Å². The summed E-state index contributed by atoms with van der Waals surface area (Å²) in [5.74, 6) is 2.39. The fourth-order valence-corrected chi connectivity index (χ4v) is 4.66. The Kier molecular flexibility index (Phi) is 7.21. The second-order valence-corrected chi connectivity index (χ2v) is 7.49. The Morgan fingerprint density at radius 1 is 1.13 bits per heavy atom. The summed E-state index contributed by atoms with van der Waals surface area (Å²) in [6.07, 6.45) is 2.66. The molecule has 132 valence electrons. The van der Waals surface area contributed by atoms with Gasteiger partial charge in [-0.1, -0.05) is 20.8 Å². The highest BCUT2D eigenvalue weighted by Gasteiger charge is 2.37. The Labute approximate surface area is 144 Å². The number of rotatable bonds is 6. The fraction of sp³-hybridized carbons (Fsp3) is 0.882. The number of amides is 2. The molecule has 0 N–H and O–H groups in total. The van der Waals surface area contributed by atoms with Crippen molar-refractivity contribution in [3.05, 3.63) is 0 Å². The SMILES string of the molecule is CCC(=O)N1CSC[C@@H]1C(=O)N1CCC(CN(CC)CC)CC1. The molecule has 2 rings (SSSR count). The first-order chi connectivity index (χ1) is 11.1. The molecule has 2 aliphatic heterocycles. The van der Waals surface area contributed by atoms with E-state index >= 15 is 0 Å². The molecule has 0 radical (unpaired) electrons. The van der Waals surface area contributed by atoms with Gasteiger partial charge in [-0.25, -0.2) is 0 Å². The van der Waals surface area contributed by atoms with E-state index in [4.69, 9.17) is 0 Å². The molecule has 2 saturated heterocycles. The van der Waals surface area contributed by atoms with Crippen LogP contribution in [0.3, 0.4) is 0 Å². The molecule has 0 spiro atoms. The second-order valence-electron chi connectivity index (χ2n) is 6.49. The standard InChI is InChI=1S/C17H31N3O2S/c1-4-16(21)20-13-23-12-15(20)17(22)19-9-7-14(8-10-19)11-18(5-2)6-3/h14-15H,4-13H2,1-3H3/t15-/m1/s1. The van der Waals surface area contributed by atoms with Crippen LogP contribution in [0.5, 0.6) is 0 Å². The fourth-order valence-electron chi connectivity index (χ4n) is 3.49. The van der Waals surface area contributed by atoms with E-state index in [1.807, 2.05) is 11.8 Å². The predicted molar refractivity (Wildman–Crippen MR) is 95.3 cm³/mol. The summed E-state index contributed by atoms with van der Waals surface area (Å²) < 4.78 is 0. The lowest BCUT2D eigenvalue weighted by atomic mass is 9.95. The van der Waals surface area contributed by atoms with Gasteiger partial charge in [-0.05, 0) is 31.8 Å². The Morgan fingerprint density at radius 2 is 1.78 bits per heavy atom. The summed E-state index contributed by atoms with van der Waals surface area (Å²) in [7, 11) is 0. The van der Waals surface area contributed by atoms with Crippen molar-refractivity contribution in [2.75, 3.05) is 44.4 Å². The molecule has 2 aliphatic rings. The van der Waals surface area contributed by atoms with E-state index in [0.29, 0.717) is 18.2 Å². The largest absolute Gasteiger partial charge is 0.341 e. The van der Waals surface area contributed by atoms with E-state index in [1.165, 1.54) is 0 Å². The van der Waals surface area contributed by atoms with Crippen molar-refractivity contribution in [1.29, 1.82) is 0 Å². The summed E-state index contributed by atoms with van der Waals surface area (Å²) in [6, 6.07) is -0.230. The van der Waals surface area contributed by atoms with Crippen molar-refractivity contribution >= 4 is 23.6 Å². The van der Waals surface area contributed by atoms with Gasteiger partial charge in [-0.3, -0.25) is 9.59 Å². The van der Waals surface area contributed by atoms with Crippen LogP contribution >= 0.6 is 11.8 Å². The molecule has 23 heavy (non-hydrogen) atoms. The van der Waals surface area contributed by atoms with Gasteiger partial charge in [0.15, 0.2) is 0 Å². The number of thioether (sulfide) groups is 1. The molecule has 2 heterocycles. The maximum Gasteiger partial charge on any atom is 0.246 e. The molecular weight excluding hydrogens is 310 g/mol. The number of carbonyl (C=O) groups excluding carboxylic acids is 2. The lowest BCUT2D eigenvalue weighted by Crippen LogP contribution is -2.51. The number of piperidine rings is 1. The van der Waals surface area contributed by atoms with E-state index in [1.54, 1.807) is 16.7 Å². The minimum atomic E-state index is -0.230. The topological polar surface area (TPSA) is 43.9 Å². The van der Waals surface area contributed by atoms with Gasteiger partial charge in [0.2, 0.25) is 11.8 Å². The molecule has 2 amide bonds. The van der Waals surface area contributed by atoms with E-state index in [2.05, 4.69) is 18.7 Å². The van der Waals surface area contributed by atoms with Gasteiger partial charge in [-0.2, -0.15) is 0 Å². The van der Waals surface area contributed by atoms with Gasteiger partial charge >= 0.3 is 0 Å². The van der Waals surface area contributed by atoms with Gasteiger partial charge in [0.05, 0.1) is 5.88 Å². The Morgan fingerprint density at radius 3 is 2.35 bits per heavy atom. The zero-order valence-corrected chi connectivity index (χ0v) is 15.6. The first kappa shape index (κ1) is 18.6. The maximum absolute atomic E-state index is 12.8. The number of carbonyl (C=O) groups is 2. The maximum atomic E-state index is 12.8. The van der Waals surface area contributed by atoms with Crippen LogP contribution in [0, 0.1) is 5.92 Å². The van der Waals surface area contributed by atoms with E-state index in [-0.39, 0.29) is 17.9 Å². The van der Waals surface area contributed by atoms with Crippen molar-refractivity contribution in [2.45, 2.75) is 46.1 Å². The zero-order chi connectivity index (χ0) is 16.8. The van der Waals surface area contributed by atoms with Crippen molar-refractivity contribution < 1.29 is 9.59 Å². The highest BCUT2D eigenvalue weighted by atomic mass is 32.2. The van der Waals surface area contributed by atoms with Crippen LogP contribution in [0.15, 0.2) is 0 Å². The van der Waals surface area contributed by atoms with Gasteiger partial charge in [0.1, 0.15) is 6.04 Å². The molecule has 0 aliphatic carbocycles. The lowest BCUT2D eigenvalue weighted by Gasteiger charge is -2.36. The summed E-state index contributed by atoms with van der Waals surface area (Å²) in [4.78, 5) is 31.0. The normalized spacial score (nSPS) is 22.9. The number of hydrogen-bond acceptors (Lipinski definition) is 4. The zero-order valence-electron chi connectivity index (χ0n) is 14.8. The van der Waals surface area contributed by atoms with Crippen molar-refractivity contribution in [3.8, 4) is 0 Å². The third-order valence-electron chi connectivity index (χ3n) is 5.13. The van der Waals surface area contributed by atoms with Crippen LogP contribution < -0.4 is 0 Å². The Bertz CT molecular complexity index is 407. The molecule has 0 aromatic rings. The van der Waals surface area contributed by atoms with Gasteiger partial charge < -0.3 is 14.7 Å². The molecule has 0 aromatic carbocycles. The van der Waals surface area contributed by atoms with Gasteiger partial charge in [0, 0.05) is 31.8 Å².